The van der Waals surface area contributed by atoms with Crippen molar-refractivity contribution >= 4 is 17.3 Å². The Balaban J connectivity index is 2.76. The highest BCUT2D eigenvalue weighted by molar-refractivity contribution is 6.31. The van der Waals surface area contributed by atoms with Gasteiger partial charge in [0.1, 0.15) is 0 Å². The number of benzene rings is 1. The Labute approximate surface area is 90.7 Å². The minimum Gasteiger partial charge on any atom is -0.399 e. The number of hydrogen-bond donors (Lipinski definition) is 1. The van der Waals surface area contributed by atoms with E-state index in [0.29, 0.717) is 0 Å². The zero-order valence-corrected chi connectivity index (χ0v) is 9.51. The van der Waals surface area contributed by atoms with Crippen molar-refractivity contribution in [2.75, 3.05) is 18.8 Å². The first-order valence-electron chi connectivity index (χ1n) is 4.93. The molecule has 0 aliphatic heterocycles. The van der Waals surface area contributed by atoms with Crippen molar-refractivity contribution in [3.05, 3.63) is 28.8 Å². The molecule has 78 valence electrons. The summed E-state index contributed by atoms with van der Waals surface area (Å²) in [4.78, 5) is 2.32. The van der Waals surface area contributed by atoms with Crippen LogP contribution in [0.2, 0.25) is 5.02 Å². The number of anilines is 1. The lowest BCUT2D eigenvalue weighted by molar-refractivity contribution is 0.296. The maximum atomic E-state index is 6.08. The van der Waals surface area contributed by atoms with Gasteiger partial charge in [0, 0.05) is 17.3 Å². The van der Waals surface area contributed by atoms with E-state index in [2.05, 4.69) is 18.7 Å². The van der Waals surface area contributed by atoms with Gasteiger partial charge in [-0.1, -0.05) is 31.5 Å². The molecule has 0 atom stereocenters. The zero-order chi connectivity index (χ0) is 10.6. The van der Waals surface area contributed by atoms with Crippen molar-refractivity contribution in [2.24, 2.45) is 0 Å². The van der Waals surface area contributed by atoms with Crippen LogP contribution in [0.5, 0.6) is 0 Å². The normalized spacial score (nSPS) is 10.9. The Hall–Kier alpha value is -0.730. The molecule has 0 fully saturated rings. The molecular formula is C11H17ClN2. The second-order valence-electron chi connectivity index (χ2n) is 3.31. The van der Waals surface area contributed by atoms with Crippen LogP contribution >= 0.6 is 11.6 Å². The number of nitrogens with zero attached hydrogens (tertiary/aromatic N) is 1. The van der Waals surface area contributed by atoms with Gasteiger partial charge in [-0.2, -0.15) is 0 Å². The molecule has 0 bridgehead atoms. The summed E-state index contributed by atoms with van der Waals surface area (Å²) in [7, 11) is 0. The van der Waals surface area contributed by atoms with Gasteiger partial charge in [0.15, 0.2) is 0 Å². The monoisotopic (exact) mass is 212 g/mol. The van der Waals surface area contributed by atoms with Crippen LogP contribution < -0.4 is 5.73 Å². The summed E-state index contributed by atoms with van der Waals surface area (Å²) >= 11 is 6.08. The zero-order valence-electron chi connectivity index (χ0n) is 8.76. The Morgan fingerprint density at radius 1 is 1.29 bits per heavy atom. The molecule has 1 aromatic rings. The number of rotatable bonds is 4. The highest BCUT2D eigenvalue weighted by atomic mass is 35.5. The quantitative estimate of drug-likeness (QED) is 0.778. The van der Waals surface area contributed by atoms with E-state index in [1.165, 1.54) is 0 Å². The van der Waals surface area contributed by atoms with Gasteiger partial charge in [-0.25, -0.2) is 0 Å². The van der Waals surface area contributed by atoms with Crippen LogP contribution in [0.15, 0.2) is 18.2 Å². The smallest absolute Gasteiger partial charge is 0.0471 e. The molecule has 0 amide bonds. The van der Waals surface area contributed by atoms with Crippen molar-refractivity contribution in [1.82, 2.24) is 4.90 Å². The SMILES string of the molecule is CCN(CC)Cc1ccc(N)cc1Cl. The fourth-order valence-electron chi connectivity index (χ4n) is 1.38. The highest BCUT2D eigenvalue weighted by Crippen LogP contribution is 2.20. The third-order valence-electron chi connectivity index (χ3n) is 2.37. The number of halogens is 1. The van der Waals surface area contributed by atoms with E-state index in [-0.39, 0.29) is 0 Å². The van der Waals surface area contributed by atoms with Gasteiger partial charge in [0.05, 0.1) is 0 Å². The van der Waals surface area contributed by atoms with Crippen molar-refractivity contribution < 1.29 is 0 Å². The number of nitrogen functional groups attached to an aromatic ring is 1. The van der Waals surface area contributed by atoms with E-state index in [1.54, 1.807) is 6.07 Å². The summed E-state index contributed by atoms with van der Waals surface area (Å²) in [6.07, 6.45) is 0. The average molecular weight is 213 g/mol. The molecule has 0 saturated carbocycles. The largest absolute Gasteiger partial charge is 0.399 e. The maximum Gasteiger partial charge on any atom is 0.0471 e. The van der Waals surface area contributed by atoms with E-state index in [1.807, 2.05) is 12.1 Å². The minimum absolute atomic E-state index is 0.721. The predicted molar refractivity (Wildman–Crippen MR) is 62.5 cm³/mol. The van der Waals surface area contributed by atoms with Crippen LogP contribution in [0, 0.1) is 0 Å². The maximum absolute atomic E-state index is 6.08. The molecule has 0 heterocycles. The van der Waals surface area contributed by atoms with Crippen molar-refractivity contribution in [1.29, 1.82) is 0 Å². The lowest BCUT2D eigenvalue weighted by Crippen LogP contribution is -2.22. The van der Waals surface area contributed by atoms with Gasteiger partial charge in [-0.05, 0) is 30.8 Å². The van der Waals surface area contributed by atoms with Gasteiger partial charge in [-0.15, -0.1) is 0 Å². The third kappa shape index (κ3) is 2.89. The fraction of sp³-hybridized carbons (Fsp3) is 0.455. The van der Waals surface area contributed by atoms with Crippen molar-refractivity contribution in [3.8, 4) is 0 Å². The third-order valence-corrected chi connectivity index (χ3v) is 2.72. The van der Waals surface area contributed by atoms with Crippen LogP contribution in [0.4, 0.5) is 5.69 Å². The van der Waals surface area contributed by atoms with Gasteiger partial charge in [0.25, 0.3) is 0 Å². The fourth-order valence-corrected chi connectivity index (χ4v) is 1.63. The lowest BCUT2D eigenvalue weighted by Gasteiger charge is -2.18. The second-order valence-corrected chi connectivity index (χ2v) is 3.72. The molecule has 2 nitrogen and oxygen atoms in total. The van der Waals surface area contributed by atoms with E-state index < -0.39 is 0 Å². The van der Waals surface area contributed by atoms with E-state index in [9.17, 15) is 0 Å². The summed E-state index contributed by atoms with van der Waals surface area (Å²) in [5.41, 5.74) is 7.49. The lowest BCUT2D eigenvalue weighted by atomic mass is 10.2. The predicted octanol–water partition coefficient (Wildman–Crippen LogP) is 2.76. The molecule has 1 aromatic carbocycles. The molecule has 3 heteroatoms. The molecular weight excluding hydrogens is 196 g/mol. The first-order valence-corrected chi connectivity index (χ1v) is 5.31. The van der Waals surface area contributed by atoms with E-state index in [4.69, 9.17) is 17.3 Å². The molecule has 14 heavy (non-hydrogen) atoms. The number of nitrogens with two attached hydrogens (primary N) is 1. The molecule has 0 unspecified atom stereocenters. The number of hydrogen-bond acceptors (Lipinski definition) is 2. The Kier molecular flexibility index (Phi) is 4.23. The molecule has 2 N–H and O–H groups in total. The first kappa shape index (κ1) is 11.3. The summed E-state index contributed by atoms with van der Waals surface area (Å²) in [5, 5.41) is 0.761. The van der Waals surface area contributed by atoms with Crippen molar-refractivity contribution in [2.45, 2.75) is 20.4 Å². The van der Waals surface area contributed by atoms with Crippen molar-refractivity contribution in [3.63, 3.8) is 0 Å². The molecule has 1 rings (SSSR count). The van der Waals surface area contributed by atoms with Crippen LogP contribution in [0.25, 0.3) is 0 Å². The van der Waals surface area contributed by atoms with Gasteiger partial charge in [0.2, 0.25) is 0 Å². The van der Waals surface area contributed by atoms with E-state index in [0.717, 1.165) is 35.9 Å². The van der Waals surface area contributed by atoms with Gasteiger partial charge in [-0.3, -0.25) is 4.90 Å². The van der Waals surface area contributed by atoms with Crippen LogP contribution in [0.1, 0.15) is 19.4 Å². The van der Waals surface area contributed by atoms with Crippen LogP contribution in [0.3, 0.4) is 0 Å². The standard InChI is InChI=1S/C11H17ClN2/c1-3-14(4-2)8-9-5-6-10(13)7-11(9)12/h5-7H,3-4,8,13H2,1-2H3. The summed E-state index contributed by atoms with van der Waals surface area (Å²) in [5.74, 6) is 0. The first-order chi connectivity index (χ1) is 6.67. The Morgan fingerprint density at radius 2 is 1.93 bits per heavy atom. The summed E-state index contributed by atoms with van der Waals surface area (Å²) in [6.45, 7) is 7.27. The Morgan fingerprint density at radius 3 is 2.43 bits per heavy atom. The second kappa shape index (κ2) is 5.23. The average Bonchev–Trinajstić information content (AvgIpc) is 2.17. The molecule has 0 saturated heterocycles. The Bertz CT molecular complexity index is 295. The molecule has 0 aliphatic rings. The molecule has 0 aliphatic carbocycles. The summed E-state index contributed by atoms with van der Waals surface area (Å²) < 4.78 is 0. The minimum atomic E-state index is 0.721. The summed E-state index contributed by atoms with van der Waals surface area (Å²) in [6, 6.07) is 5.70. The molecule has 0 spiro atoms. The van der Waals surface area contributed by atoms with Crippen LogP contribution in [-0.4, -0.2) is 18.0 Å². The van der Waals surface area contributed by atoms with E-state index >= 15 is 0 Å². The topological polar surface area (TPSA) is 29.3 Å². The molecule has 0 aromatic heterocycles. The highest BCUT2D eigenvalue weighted by Gasteiger charge is 2.04. The van der Waals surface area contributed by atoms with Crippen LogP contribution in [-0.2, 0) is 6.54 Å². The van der Waals surface area contributed by atoms with Gasteiger partial charge < -0.3 is 5.73 Å². The molecule has 0 radical (unpaired) electrons. The van der Waals surface area contributed by atoms with Gasteiger partial charge >= 0.3 is 0 Å².